The highest BCUT2D eigenvalue weighted by atomic mass is 15.1. The fourth-order valence-electron chi connectivity index (χ4n) is 1.46. The number of aromatic nitrogens is 3. The molecule has 0 aliphatic heterocycles. The summed E-state index contributed by atoms with van der Waals surface area (Å²) in [5.74, 6) is 0.397. The molecule has 0 saturated heterocycles. The average molecular weight is 201 g/mol. The molecular weight excluding hydrogens is 186 g/mol. The van der Waals surface area contributed by atoms with E-state index >= 15 is 0 Å². The molecule has 0 radical (unpaired) electrons. The first-order valence-electron chi connectivity index (χ1n) is 5.34. The maximum Gasteiger partial charge on any atom is 0.111 e. The average Bonchev–Trinajstić information content (AvgIpc) is 2.27. The molecule has 3 nitrogen and oxygen atoms in total. The fourth-order valence-corrected chi connectivity index (χ4v) is 1.46. The Kier molecular flexibility index (Phi) is 2.62. The molecule has 0 bridgehead atoms. The third-order valence-corrected chi connectivity index (χ3v) is 2.47. The van der Waals surface area contributed by atoms with Gasteiger partial charge in [0.25, 0.3) is 0 Å². The van der Waals surface area contributed by atoms with Crippen molar-refractivity contribution in [3.05, 3.63) is 29.6 Å². The van der Waals surface area contributed by atoms with Gasteiger partial charge in [0.1, 0.15) is 5.52 Å². The summed E-state index contributed by atoms with van der Waals surface area (Å²) in [6, 6.07) is 6.02. The second kappa shape index (κ2) is 3.93. The highest BCUT2D eigenvalue weighted by Crippen LogP contribution is 2.15. The van der Waals surface area contributed by atoms with E-state index in [-0.39, 0.29) is 0 Å². The summed E-state index contributed by atoms with van der Waals surface area (Å²) in [5.41, 5.74) is 3.93. The van der Waals surface area contributed by atoms with Crippen LogP contribution in [0.15, 0.2) is 18.2 Å². The lowest BCUT2D eigenvalue weighted by atomic mass is 10.1. The van der Waals surface area contributed by atoms with Gasteiger partial charge in [-0.05, 0) is 30.5 Å². The van der Waals surface area contributed by atoms with Crippen molar-refractivity contribution in [2.45, 2.75) is 33.1 Å². The molecule has 2 heterocycles. The fraction of sp³-hybridized carbons (Fsp3) is 0.417. The van der Waals surface area contributed by atoms with Crippen molar-refractivity contribution in [1.82, 2.24) is 15.2 Å². The highest BCUT2D eigenvalue weighted by molar-refractivity contribution is 5.73. The summed E-state index contributed by atoms with van der Waals surface area (Å²) in [4.78, 5) is 4.53. The molecule has 15 heavy (non-hydrogen) atoms. The van der Waals surface area contributed by atoms with Crippen molar-refractivity contribution in [1.29, 1.82) is 0 Å². The van der Waals surface area contributed by atoms with E-state index in [2.05, 4.69) is 36.0 Å². The number of pyridine rings is 1. The van der Waals surface area contributed by atoms with Gasteiger partial charge in [-0.1, -0.05) is 20.8 Å². The number of hydrogen-bond donors (Lipinski definition) is 0. The minimum Gasteiger partial charge on any atom is -0.251 e. The predicted molar refractivity (Wildman–Crippen MR) is 60.8 cm³/mol. The molecular formula is C12H15N3. The third kappa shape index (κ3) is 1.96. The molecule has 2 aromatic heterocycles. The van der Waals surface area contributed by atoms with Crippen LogP contribution in [-0.2, 0) is 6.42 Å². The Bertz CT molecular complexity index is 477. The lowest BCUT2D eigenvalue weighted by Crippen LogP contribution is -1.97. The van der Waals surface area contributed by atoms with Gasteiger partial charge < -0.3 is 0 Å². The number of hydrogen-bond acceptors (Lipinski definition) is 3. The summed E-state index contributed by atoms with van der Waals surface area (Å²) in [7, 11) is 0. The molecule has 0 atom stereocenters. The van der Waals surface area contributed by atoms with E-state index in [0.717, 1.165) is 28.8 Å². The number of rotatable bonds is 2. The van der Waals surface area contributed by atoms with Gasteiger partial charge in [0.05, 0.1) is 11.2 Å². The van der Waals surface area contributed by atoms with Crippen molar-refractivity contribution in [3.63, 3.8) is 0 Å². The summed E-state index contributed by atoms with van der Waals surface area (Å²) in [5, 5.41) is 8.34. The zero-order chi connectivity index (χ0) is 10.8. The van der Waals surface area contributed by atoms with Gasteiger partial charge in [0, 0.05) is 5.69 Å². The van der Waals surface area contributed by atoms with E-state index in [1.807, 2.05) is 18.2 Å². The number of nitrogens with zero attached hydrogens (tertiary/aromatic N) is 3. The van der Waals surface area contributed by atoms with E-state index in [9.17, 15) is 0 Å². The van der Waals surface area contributed by atoms with E-state index in [1.54, 1.807) is 0 Å². The first-order valence-corrected chi connectivity index (χ1v) is 5.34. The van der Waals surface area contributed by atoms with Gasteiger partial charge in [0.2, 0.25) is 0 Å². The molecule has 2 rings (SSSR count). The Balaban J connectivity index is 2.57. The normalized spacial score (nSPS) is 11.2. The molecule has 0 aromatic carbocycles. The van der Waals surface area contributed by atoms with Crippen LogP contribution < -0.4 is 0 Å². The van der Waals surface area contributed by atoms with Crippen molar-refractivity contribution < 1.29 is 0 Å². The molecule has 78 valence electrons. The first-order chi connectivity index (χ1) is 7.20. The molecule has 2 aromatic rings. The third-order valence-electron chi connectivity index (χ3n) is 2.47. The molecule has 0 saturated carbocycles. The Morgan fingerprint density at radius 1 is 1.13 bits per heavy atom. The lowest BCUT2D eigenvalue weighted by Gasteiger charge is -2.04. The van der Waals surface area contributed by atoms with Crippen LogP contribution in [-0.4, -0.2) is 15.2 Å². The van der Waals surface area contributed by atoms with Gasteiger partial charge in [-0.2, -0.15) is 5.10 Å². The monoisotopic (exact) mass is 201 g/mol. The van der Waals surface area contributed by atoms with Crippen LogP contribution in [0.4, 0.5) is 0 Å². The van der Waals surface area contributed by atoms with Crippen LogP contribution in [0.5, 0.6) is 0 Å². The van der Waals surface area contributed by atoms with Crippen LogP contribution in [0.25, 0.3) is 11.0 Å². The SMILES string of the molecule is CCc1ccc2nnc(C(C)C)cc2n1. The Morgan fingerprint density at radius 2 is 1.93 bits per heavy atom. The van der Waals surface area contributed by atoms with Crippen LogP contribution in [0.3, 0.4) is 0 Å². The van der Waals surface area contributed by atoms with E-state index in [4.69, 9.17) is 0 Å². The van der Waals surface area contributed by atoms with E-state index in [0.29, 0.717) is 5.92 Å². The Hall–Kier alpha value is -1.51. The van der Waals surface area contributed by atoms with Crippen LogP contribution >= 0.6 is 0 Å². The van der Waals surface area contributed by atoms with Crippen molar-refractivity contribution in [2.75, 3.05) is 0 Å². The van der Waals surface area contributed by atoms with E-state index in [1.165, 1.54) is 0 Å². The summed E-state index contributed by atoms with van der Waals surface area (Å²) in [6.07, 6.45) is 0.954. The van der Waals surface area contributed by atoms with Crippen LogP contribution in [0, 0.1) is 0 Å². The topological polar surface area (TPSA) is 38.7 Å². The lowest BCUT2D eigenvalue weighted by molar-refractivity contribution is 0.793. The van der Waals surface area contributed by atoms with Crippen molar-refractivity contribution in [2.24, 2.45) is 0 Å². The maximum absolute atomic E-state index is 4.53. The smallest absolute Gasteiger partial charge is 0.111 e. The minimum absolute atomic E-state index is 0.397. The zero-order valence-electron chi connectivity index (χ0n) is 9.36. The second-order valence-electron chi connectivity index (χ2n) is 3.98. The summed E-state index contributed by atoms with van der Waals surface area (Å²) < 4.78 is 0. The highest BCUT2D eigenvalue weighted by Gasteiger charge is 2.04. The quantitative estimate of drug-likeness (QED) is 0.749. The molecule has 0 aliphatic rings. The van der Waals surface area contributed by atoms with Crippen molar-refractivity contribution in [3.8, 4) is 0 Å². The summed E-state index contributed by atoms with van der Waals surface area (Å²) in [6.45, 7) is 6.32. The zero-order valence-corrected chi connectivity index (χ0v) is 9.36. The van der Waals surface area contributed by atoms with Crippen molar-refractivity contribution >= 4 is 11.0 Å². The summed E-state index contributed by atoms with van der Waals surface area (Å²) >= 11 is 0. The minimum atomic E-state index is 0.397. The molecule has 0 spiro atoms. The second-order valence-corrected chi connectivity index (χ2v) is 3.98. The molecule has 0 fully saturated rings. The maximum atomic E-state index is 4.53. The van der Waals surface area contributed by atoms with Gasteiger partial charge in [-0.3, -0.25) is 4.98 Å². The van der Waals surface area contributed by atoms with Gasteiger partial charge in [-0.15, -0.1) is 5.10 Å². The van der Waals surface area contributed by atoms with Gasteiger partial charge >= 0.3 is 0 Å². The largest absolute Gasteiger partial charge is 0.251 e. The Labute approximate surface area is 89.6 Å². The molecule has 0 unspecified atom stereocenters. The van der Waals surface area contributed by atoms with E-state index < -0.39 is 0 Å². The van der Waals surface area contributed by atoms with Crippen LogP contribution in [0.1, 0.15) is 38.1 Å². The number of aryl methyl sites for hydroxylation is 1. The molecule has 3 heteroatoms. The number of fused-ring (bicyclic) bond motifs is 1. The van der Waals surface area contributed by atoms with Gasteiger partial charge in [0.15, 0.2) is 0 Å². The van der Waals surface area contributed by atoms with Gasteiger partial charge in [-0.25, -0.2) is 0 Å². The first kappa shape index (κ1) is 10.0. The molecule has 0 aliphatic carbocycles. The molecule has 0 N–H and O–H groups in total. The van der Waals surface area contributed by atoms with Crippen LogP contribution in [0.2, 0.25) is 0 Å². The Morgan fingerprint density at radius 3 is 2.60 bits per heavy atom. The standard InChI is InChI=1S/C12H15N3/c1-4-9-5-6-10-12(13-9)7-11(8(2)3)15-14-10/h5-8H,4H2,1-3H3. The predicted octanol–water partition coefficient (Wildman–Crippen LogP) is 2.71. The molecule has 0 amide bonds.